The average molecular weight is 372 g/mol. The van der Waals surface area contributed by atoms with Gasteiger partial charge >= 0.3 is 5.97 Å². The predicted molar refractivity (Wildman–Crippen MR) is 92.3 cm³/mol. The highest BCUT2D eigenvalue weighted by atomic mass is 35.5. The summed E-state index contributed by atoms with van der Waals surface area (Å²) >= 11 is 18.2. The Morgan fingerprint density at radius 2 is 1.74 bits per heavy atom. The third-order valence-corrected chi connectivity index (χ3v) is 4.58. The van der Waals surface area contributed by atoms with Crippen LogP contribution in [-0.4, -0.2) is 17.1 Å². The Bertz CT molecular complexity index is 737. The molecule has 0 aliphatic carbocycles. The average Bonchev–Trinajstić information content (AvgIpc) is 2.93. The van der Waals surface area contributed by atoms with Crippen LogP contribution in [0.15, 0.2) is 42.5 Å². The molecule has 2 N–H and O–H groups in total. The first-order chi connectivity index (χ1) is 11.0. The third-order valence-electron chi connectivity index (χ3n) is 3.79. The number of anilines is 1. The van der Waals surface area contributed by atoms with Crippen LogP contribution in [0.2, 0.25) is 15.1 Å². The quantitative estimate of drug-likeness (QED) is 0.830. The Morgan fingerprint density at radius 3 is 2.35 bits per heavy atom. The van der Waals surface area contributed by atoms with Crippen LogP contribution < -0.4 is 10.4 Å². The smallest absolute Gasteiger partial charge is 0.322 e. The zero-order valence-corrected chi connectivity index (χ0v) is 14.1. The van der Waals surface area contributed by atoms with Gasteiger partial charge in [0.05, 0.1) is 16.8 Å². The standard InChI is InChI=1S/C16H13Cl3N2O2/c17-10-3-1-9(2-4-10)15-8-13(16(22)23)20-21(15)14-6-5-11(18)7-12(14)19/h1-7,13,15,20H,8H2,(H,22,23)/t13?,15-/m0/s1. The van der Waals surface area contributed by atoms with Crippen LogP contribution in [0.3, 0.4) is 0 Å². The van der Waals surface area contributed by atoms with Crippen molar-refractivity contribution in [3.05, 3.63) is 63.1 Å². The molecule has 3 rings (SSSR count). The zero-order chi connectivity index (χ0) is 16.6. The molecule has 2 aromatic rings. The molecule has 0 spiro atoms. The second-order valence-corrected chi connectivity index (χ2v) is 6.57. The first-order valence-corrected chi connectivity index (χ1v) is 8.08. The van der Waals surface area contributed by atoms with Gasteiger partial charge in [0, 0.05) is 16.5 Å². The van der Waals surface area contributed by atoms with Gasteiger partial charge in [-0.05, 0) is 35.9 Å². The van der Waals surface area contributed by atoms with Gasteiger partial charge in [0.25, 0.3) is 0 Å². The van der Waals surface area contributed by atoms with Gasteiger partial charge in [-0.2, -0.15) is 0 Å². The maximum Gasteiger partial charge on any atom is 0.322 e. The number of benzene rings is 2. The maximum absolute atomic E-state index is 11.4. The highest BCUT2D eigenvalue weighted by Crippen LogP contribution is 2.38. The lowest BCUT2D eigenvalue weighted by Crippen LogP contribution is -2.40. The van der Waals surface area contributed by atoms with Crippen molar-refractivity contribution in [3.8, 4) is 0 Å². The van der Waals surface area contributed by atoms with E-state index in [9.17, 15) is 9.90 Å². The van der Waals surface area contributed by atoms with Crippen LogP contribution in [0.25, 0.3) is 0 Å². The lowest BCUT2D eigenvalue weighted by molar-refractivity contribution is -0.139. The topological polar surface area (TPSA) is 52.6 Å². The van der Waals surface area contributed by atoms with E-state index >= 15 is 0 Å². The molecule has 2 aromatic carbocycles. The van der Waals surface area contributed by atoms with Gasteiger partial charge in [-0.15, -0.1) is 0 Å². The number of hydrazine groups is 1. The van der Waals surface area contributed by atoms with Crippen LogP contribution in [0.5, 0.6) is 0 Å². The third kappa shape index (κ3) is 3.40. The van der Waals surface area contributed by atoms with Crippen molar-refractivity contribution < 1.29 is 9.90 Å². The van der Waals surface area contributed by atoms with Gasteiger partial charge in [-0.1, -0.05) is 46.9 Å². The minimum Gasteiger partial charge on any atom is -0.480 e. The van der Waals surface area contributed by atoms with Gasteiger partial charge in [-0.3, -0.25) is 9.80 Å². The first-order valence-electron chi connectivity index (χ1n) is 6.94. The Morgan fingerprint density at radius 1 is 1.09 bits per heavy atom. The number of aliphatic carboxylic acids is 1. The summed E-state index contributed by atoms with van der Waals surface area (Å²) in [5.74, 6) is -0.906. The highest BCUT2D eigenvalue weighted by molar-refractivity contribution is 6.36. The maximum atomic E-state index is 11.4. The summed E-state index contributed by atoms with van der Waals surface area (Å²) < 4.78 is 0. The predicted octanol–water partition coefficient (Wildman–Crippen LogP) is 4.56. The summed E-state index contributed by atoms with van der Waals surface area (Å²) in [5.41, 5.74) is 4.64. The highest BCUT2D eigenvalue weighted by Gasteiger charge is 2.37. The molecule has 120 valence electrons. The first kappa shape index (κ1) is 16.4. The molecule has 0 aromatic heterocycles. The van der Waals surface area contributed by atoms with Gasteiger partial charge in [0.1, 0.15) is 6.04 Å². The molecule has 1 unspecified atom stereocenters. The minimum atomic E-state index is -0.906. The van der Waals surface area contributed by atoms with E-state index in [1.165, 1.54) is 0 Å². The number of nitrogens with zero attached hydrogens (tertiary/aromatic N) is 1. The van der Waals surface area contributed by atoms with Crippen molar-refractivity contribution in [1.82, 2.24) is 5.43 Å². The number of hydrogen-bond donors (Lipinski definition) is 2. The summed E-state index contributed by atoms with van der Waals surface area (Å²) in [6.45, 7) is 0. The van der Waals surface area contributed by atoms with Crippen molar-refractivity contribution in [2.75, 3.05) is 5.01 Å². The molecule has 2 atom stereocenters. The molecule has 1 heterocycles. The van der Waals surface area contributed by atoms with Crippen LogP contribution in [0, 0.1) is 0 Å². The molecule has 1 saturated heterocycles. The van der Waals surface area contributed by atoms with Crippen LogP contribution in [-0.2, 0) is 4.79 Å². The molecule has 1 aliphatic heterocycles. The van der Waals surface area contributed by atoms with E-state index in [4.69, 9.17) is 34.8 Å². The molecular weight excluding hydrogens is 359 g/mol. The summed E-state index contributed by atoms with van der Waals surface area (Å²) in [6.07, 6.45) is 0.413. The molecule has 0 bridgehead atoms. The number of rotatable bonds is 3. The van der Waals surface area contributed by atoms with Gasteiger partial charge in [-0.25, -0.2) is 5.43 Å². The Kier molecular flexibility index (Phi) is 4.69. The molecule has 0 amide bonds. The number of carbonyl (C=O) groups is 1. The van der Waals surface area contributed by atoms with Crippen LogP contribution >= 0.6 is 34.8 Å². The summed E-state index contributed by atoms with van der Waals surface area (Å²) in [5, 5.41) is 12.7. The molecule has 1 aliphatic rings. The van der Waals surface area contributed by atoms with Gasteiger partial charge < -0.3 is 5.11 Å². The van der Waals surface area contributed by atoms with Crippen molar-refractivity contribution in [3.63, 3.8) is 0 Å². The van der Waals surface area contributed by atoms with E-state index < -0.39 is 12.0 Å². The number of hydrogen-bond acceptors (Lipinski definition) is 3. The minimum absolute atomic E-state index is 0.174. The SMILES string of the molecule is O=C(O)C1C[C@@H](c2ccc(Cl)cc2)N(c2ccc(Cl)cc2Cl)N1. The number of carboxylic acids is 1. The largest absolute Gasteiger partial charge is 0.480 e. The molecule has 7 heteroatoms. The van der Waals surface area contributed by atoms with E-state index in [1.54, 1.807) is 35.3 Å². The molecule has 0 saturated carbocycles. The molecule has 23 heavy (non-hydrogen) atoms. The second kappa shape index (κ2) is 6.57. The van der Waals surface area contributed by atoms with Gasteiger partial charge in [0.15, 0.2) is 0 Å². The molecule has 4 nitrogen and oxygen atoms in total. The molecule has 0 radical (unpaired) electrons. The fourth-order valence-corrected chi connectivity index (χ4v) is 3.30. The van der Waals surface area contributed by atoms with E-state index in [1.807, 2.05) is 12.1 Å². The van der Waals surface area contributed by atoms with Crippen LogP contribution in [0.4, 0.5) is 5.69 Å². The molecule has 1 fully saturated rings. The molecular formula is C16H13Cl3N2O2. The number of halogens is 3. The number of nitrogens with one attached hydrogen (secondary N) is 1. The van der Waals surface area contributed by atoms with Crippen molar-refractivity contribution in [2.45, 2.75) is 18.5 Å². The van der Waals surface area contributed by atoms with Crippen molar-refractivity contribution in [2.24, 2.45) is 0 Å². The Labute approximate surface area is 148 Å². The van der Waals surface area contributed by atoms with Crippen molar-refractivity contribution in [1.29, 1.82) is 0 Å². The van der Waals surface area contributed by atoms with E-state index in [-0.39, 0.29) is 6.04 Å². The lowest BCUT2D eigenvalue weighted by atomic mass is 10.0. The fourth-order valence-electron chi connectivity index (χ4n) is 2.68. The number of carboxylic acid groups (broad SMARTS) is 1. The van der Waals surface area contributed by atoms with Crippen LogP contribution in [0.1, 0.15) is 18.0 Å². The lowest BCUT2D eigenvalue weighted by Gasteiger charge is -2.27. The van der Waals surface area contributed by atoms with E-state index in [0.717, 1.165) is 5.56 Å². The second-order valence-electron chi connectivity index (χ2n) is 5.29. The van der Waals surface area contributed by atoms with E-state index in [2.05, 4.69) is 5.43 Å². The zero-order valence-electron chi connectivity index (χ0n) is 11.8. The Balaban J connectivity index is 2.00. The monoisotopic (exact) mass is 370 g/mol. The van der Waals surface area contributed by atoms with E-state index in [0.29, 0.717) is 27.2 Å². The summed E-state index contributed by atoms with van der Waals surface area (Å²) in [7, 11) is 0. The summed E-state index contributed by atoms with van der Waals surface area (Å²) in [4.78, 5) is 11.4. The normalized spacial score (nSPS) is 20.7. The van der Waals surface area contributed by atoms with Gasteiger partial charge in [0.2, 0.25) is 0 Å². The summed E-state index contributed by atoms with van der Waals surface area (Å²) in [6, 6.07) is 11.6. The van der Waals surface area contributed by atoms with Crippen molar-refractivity contribution >= 4 is 46.5 Å². The fraction of sp³-hybridized carbons (Fsp3) is 0.188. The Hall–Kier alpha value is -1.46.